The molecule has 0 saturated heterocycles. The summed E-state index contributed by atoms with van der Waals surface area (Å²) >= 11 is 0. The third-order valence-electron chi connectivity index (χ3n) is 3.91. The van der Waals surface area contributed by atoms with Crippen LogP contribution in [0.3, 0.4) is 0 Å². The van der Waals surface area contributed by atoms with Crippen LogP contribution < -0.4 is 5.32 Å². The molecule has 2 aromatic heterocycles. The summed E-state index contributed by atoms with van der Waals surface area (Å²) in [5.74, 6) is -0.612. The van der Waals surface area contributed by atoms with Gasteiger partial charge < -0.3 is 5.32 Å². The first kappa shape index (κ1) is 18.6. The van der Waals surface area contributed by atoms with Gasteiger partial charge in [0.15, 0.2) is 5.82 Å². The van der Waals surface area contributed by atoms with Crippen molar-refractivity contribution >= 4 is 5.91 Å². The molecule has 2 heterocycles. The fourth-order valence-corrected chi connectivity index (χ4v) is 2.42. The molecular formula is C18H14F4N4O. The third-order valence-corrected chi connectivity index (χ3v) is 3.91. The minimum atomic E-state index is -4.48. The summed E-state index contributed by atoms with van der Waals surface area (Å²) in [6, 6.07) is 7.78. The van der Waals surface area contributed by atoms with Crippen molar-refractivity contribution in [3.63, 3.8) is 0 Å². The van der Waals surface area contributed by atoms with Crippen LogP contribution in [0, 0.1) is 12.7 Å². The Bertz CT molecular complexity index is 947. The molecule has 140 valence electrons. The third kappa shape index (κ3) is 4.13. The summed E-state index contributed by atoms with van der Waals surface area (Å²) in [6.45, 7) is 1.81. The van der Waals surface area contributed by atoms with Crippen LogP contribution in [0.2, 0.25) is 0 Å². The maximum atomic E-state index is 12.9. The van der Waals surface area contributed by atoms with Crippen LogP contribution in [0.4, 0.5) is 17.6 Å². The summed E-state index contributed by atoms with van der Waals surface area (Å²) in [4.78, 5) is 16.1. The minimum Gasteiger partial charge on any atom is -0.348 e. The fourth-order valence-electron chi connectivity index (χ4n) is 2.42. The fraction of sp³-hybridized carbons (Fsp3) is 0.167. The molecule has 0 spiro atoms. The van der Waals surface area contributed by atoms with Gasteiger partial charge in [-0.15, -0.1) is 0 Å². The van der Waals surface area contributed by atoms with Gasteiger partial charge in [0.25, 0.3) is 5.91 Å². The van der Waals surface area contributed by atoms with E-state index in [-0.39, 0.29) is 23.7 Å². The van der Waals surface area contributed by atoms with Crippen LogP contribution in [0.1, 0.15) is 27.2 Å². The van der Waals surface area contributed by atoms with Crippen LogP contribution in [0.5, 0.6) is 0 Å². The van der Waals surface area contributed by atoms with E-state index in [0.717, 1.165) is 11.6 Å². The summed E-state index contributed by atoms with van der Waals surface area (Å²) in [5.41, 5.74) is 0.546. The Balaban J connectivity index is 1.74. The van der Waals surface area contributed by atoms with Crippen LogP contribution >= 0.6 is 0 Å². The molecule has 0 saturated carbocycles. The molecule has 0 aliphatic rings. The predicted octanol–water partition coefficient (Wildman–Crippen LogP) is 3.66. The number of rotatable bonds is 4. The lowest BCUT2D eigenvalue weighted by atomic mass is 10.2. The van der Waals surface area contributed by atoms with Crippen molar-refractivity contribution in [2.45, 2.75) is 19.6 Å². The first-order chi connectivity index (χ1) is 12.8. The van der Waals surface area contributed by atoms with Crippen LogP contribution in [-0.4, -0.2) is 20.7 Å². The van der Waals surface area contributed by atoms with Gasteiger partial charge in [0.1, 0.15) is 5.82 Å². The Labute approximate surface area is 151 Å². The molecule has 0 aliphatic carbocycles. The molecular weight excluding hydrogens is 364 g/mol. The molecule has 0 atom stereocenters. The number of halogens is 4. The van der Waals surface area contributed by atoms with E-state index in [2.05, 4.69) is 15.4 Å². The van der Waals surface area contributed by atoms with E-state index in [4.69, 9.17) is 0 Å². The van der Waals surface area contributed by atoms with Crippen LogP contribution in [-0.2, 0) is 12.7 Å². The monoisotopic (exact) mass is 378 g/mol. The zero-order chi connectivity index (χ0) is 19.6. The molecule has 0 unspecified atom stereocenters. The van der Waals surface area contributed by atoms with Gasteiger partial charge in [-0.2, -0.15) is 18.3 Å². The molecule has 0 aliphatic heterocycles. The summed E-state index contributed by atoms with van der Waals surface area (Å²) in [7, 11) is 0. The van der Waals surface area contributed by atoms with Gasteiger partial charge in [0.05, 0.1) is 23.0 Å². The van der Waals surface area contributed by atoms with Crippen molar-refractivity contribution in [2.24, 2.45) is 0 Å². The number of hydrogen-bond acceptors (Lipinski definition) is 3. The number of amides is 1. The van der Waals surface area contributed by atoms with E-state index in [0.29, 0.717) is 11.9 Å². The Kier molecular flexibility index (Phi) is 4.93. The zero-order valence-corrected chi connectivity index (χ0v) is 14.1. The van der Waals surface area contributed by atoms with Crippen molar-refractivity contribution in [1.82, 2.24) is 20.1 Å². The van der Waals surface area contributed by atoms with E-state index in [9.17, 15) is 22.4 Å². The van der Waals surface area contributed by atoms with Crippen molar-refractivity contribution < 1.29 is 22.4 Å². The molecule has 3 aromatic rings. The van der Waals surface area contributed by atoms with Gasteiger partial charge in [-0.05, 0) is 36.8 Å². The second-order valence-corrected chi connectivity index (χ2v) is 5.77. The second kappa shape index (κ2) is 7.18. The molecule has 3 rings (SSSR count). The van der Waals surface area contributed by atoms with E-state index >= 15 is 0 Å². The molecule has 0 bridgehead atoms. The lowest BCUT2D eigenvalue weighted by Gasteiger charge is -2.08. The second-order valence-electron chi connectivity index (χ2n) is 5.77. The van der Waals surface area contributed by atoms with E-state index in [1.54, 1.807) is 19.1 Å². The van der Waals surface area contributed by atoms with Crippen molar-refractivity contribution in [3.8, 4) is 5.82 Å². The minimum absolute atomic E-state index is 0.165. The smallest absolute Gasteiger partial charge is 0.348 e. The van der Waals surface area contributed by atoms with Crippen LogP contribution in [0.25, 0.3) is 5.82 Å². The van der Waals surface area contributed by atoms with E-state index in [1.807, 2.05) is 0 Å². The standard InChI is InChI=1S/C18H14F4N4O/c1-11-15(17(27)24-8-12-2-5-14(19)6-3-12)10-25-26(11)16-7-4-13(9-23-16)18(20,21)22/h2-7,9-10H,8H2,1H3,(H,24,27). The number of hydrogen-bond donors (Lipinski definition) is 1. The topological polar surface area (TPSA) is 59.8 Å². The predicted molar refractivity (Wildman–Crippen MR) is 88.7 cm³/mol. The Morgan fingerprint density at radius 1 is 1.11 bits per heavy atom. The van der Waals surface area contributed by atoms with Crippen molar-refractivity contribution in [2.75, 3.05) is 0 Å². The largest absolute Gasteiger partial charge is 0.417 e. The maximum Gasteiger partial charge on any atom is 0.417 e. The van der Waals surface area contributed by atoms with Crippen molar-refractivity contribution in [3.05, 3.63) is 77.0 Å². The number of carbonyl (C=O) groups excluding carboxylic acids is 1. The highest BCUT2D eigenvalue weighted by Crippen LogP contribution is 2.28. The first-order valence-corrected chi connectivity index (χ1v) is 7.86. The number of nitrogens with zero attached hydrogens (tertiary/aromatic N) is 3. The molecule has 0 radical (unpaired) electrons. The lowest BCUT2D eigenvalue weighted by Crippen LogP contribution is -2.23. The number of carbonyl (C=O) groups is 1. The lowest BCUT2D eigenvalue weighted by molar-refractivity contribution is -0.137. The normalized spacial score (nSPS) is 11.4. The Hall–Kier alpha value is -3.23. The molecule has 27 heavy (non-hydrogen) atoms. The summed E-state index contributed by atoms with van der Waals surface area (Å²) in [5, 5.41) is 6.71. The number of alkyl halides is 3. The zero-order valence-electron chi connectivity index (χ0n) is 14.1. The van der Waals surface area contributed by atoms with E-state index < -0.39 is 17.6 Å². The van der Waals surface area contributed by atoms with Gasteiger partial charge in [-0.1, -0.05) is 12.1 Å². The van der Waals surface area contributed by atoms with Gasteiger partial charge in [-0.25, -0.2) is 14.1 Å². The maximum absolute atomic E-state index is 12.9. The molecule has 1 N–H and O–H groups in total. The number of nitrogens with one attached hydrogen (secondary N) is 1. The quantitative estimate of drug-likeness (QED) is 0.705. The van der Waals surface area contributed by atoms with Gasteiger partial charge in [0.2, 0.25) is 0 Å². The molecule has 1 amide bonds. The number of pyridine rings is 1. The van der Waals surface area contributed by atoms with Crippen molar-refractivity contribution in [1.29, 1.82) is 0 Å². The van der Waals surface area contributed by atoms with E-state index in [1.165, 1.54) is 29.1 Å². The average molecular weight is 378 g/mol. The highest BCUT2D eigenvalue weighted by molar-refractivity contribution is 5.95. The number of benzene rings is 1. The Morgan fingerprint density at radius 2 is 1.81 bits per heavy atom. The number of aromatic nitrogens is 3. The molecule has 5 nitrogen and oxygen atoms in total. The highest BCUT2D eigenvalue weighted by atomic mass is 19.4. The summed E-state index contributed by atoms with van der Waals surface area (Å²) in [6.07, 6.45) is -2.45. The SMILES string of the molecule is Cc1c(C(=O)NCc2ccc(F)cc2)cnn1-c1ccc(C(F)(F)F)cn1. The van der Waals surface area contributed by atoms with Gasteiger partial charge >= 0.3 is 6.18 Å². The Morgan fingerprint density at radius 3 is 2.41 bits per heavy atom. The molecule has 9 heteroatoms. The highest BCUT2D eigenvalue weighted by Gasteiger charge is 2.30. The van der Waals surface area contributed by atoms with Gasteiger partial charge in [-0.3, -0.25) is 4.79 Å². The van der Waals surface area contributed by atoms with Gasteiger partial charge in [0, 0.05) is 12.7 Å². The molecule has 0 fully saturated rings. The first-order valence-electron chi connectivity index (χ1n) is 7.86. The van der Waals surface area contributed by atoms with Crippen LogP contribution in [0.15, 0.2) is 48.8 Å². The molecule has 1 aromatic carbocycles. The summed E-state index contributed by atoms with van der Waals surface area (Å²) < 4.78 is 52.0. The average Bonchev–Trinajstić information content (AvgIpc) is 3.02.